The summed E-state index contributed by atoms with van der Waals surface area (Å²) < 4.78 is 19.0. The standard InChI is InChI=1S/C20H33FN4O.HI/c1-4-5-11-25-12-9-18(10-13-25)24-20(22-3)23-15-16(2)26-19-8-6-7-17(21)14-19;/h6-8,14,16,18H,4-5,9-13,15H2,1-3H3,(H2,22,23,24);1H. The Kier molecular flexibility index (Phi) is 11.7. The van der Waals surface area contributed by atoms with Crippen LogP contribution in [0.3, 0.4) is 0 Å². The maximum atomic E-state index is 13.2. The SMILES string of the molecule is CCCCN1CCC(NC(=NC)NCC(C)Oc2cccc(F)c2)CC1.I. The molecule has 2 N–H and O–H groups in total. The first-order valence-electron chi connectivity index (χ1n) is 9.72. The van der Waals surface area contributed by atoms with E-state index >= 15 is 0 Å². The molecule has 0 saturated carbocycles. The zero-order valence-corrected chi connectivity index (χ0v) is 19.0. The van der Waals surface area contributed by atoms with Gasteiger partial charge in [0.05, 0.1) is 6.54 Å². The van der Waals surface area contributed by atoms with Crippen molar-refractivity contribution in [1.82, 2.24) is 15.5 Å². The Balaban J connectivity index is 0.00000364. The highest BCUT2D eigenvalue weighted by Crippen LogP contribution is 2.14. The van der Waals surface area contributed by atoms with E-state index in [2.05, 4.69) is 27.4 Å². The highest BCUT2D eigenvalue weighted by Gasteiger charge is 2.19. The number of likely N-dealkylation sites (tertiary alicyclic amines) is 1. The lowest BCUT2D eigenvalue weighted by Gasteiger charge is -2.33. The molecular weight excluding hydrogens is 458 g/mol. The third kappa shape index (κ3) is 9.10. The fourth-order valence-corrected chi connectivity index (χ4v) is 3.13. The lowest BCUT2D eigenvalue weighted by Crippen LogP contribution is -2.50. The smallest absolute Gasteiger partial charge is 0.191 e. The molecule has 5 nitrogen and oxygen atoms in total. The molecule has 0 bridgehead atoms. The van der Waals surface area contributed by atoms with Crippen LogP contribution in [0.1, 0.15) is 39.5 Å². The van der Waals surface area contributed by atoms with Crippen molar-refractivity contribution in [3.05, 3.63) is 30.1 Å². The molecule has 1 aromatic carbocycles. The molecule has 0 amide bonds. The van der Waals surface area contributed by atoms with Gasteiger partial charge in [-0.25, -0.2) is 4.39 Å². The molecule has 1 atom stereocenters. The molecule has 2 rings (SSSR count). The molecule has 27 heavy (non-hydrogen) atoms. The van der Waals surface area contributed by atoms with Gasteiger partial charge in [-0.15, -0.1) is 24.0 Å². The number of nitrogens with one attached hydrogen (secondary N) is 2. The molecule has 0 radical (unpaired) electrons. The molecule has 0 aliphatic carbocycles. The van der Waals surface area contributed by atoms with E-state index < -0.39 is 0 Å². The van der Waals surface area contributed by atoms with Crippen LogP contribution in [0.2, 0.25) is 0 Å². The maximum absolute atomic E-state index is 13.2. The Morgan fingerprint density at radius 3 is 2.74 bits per heavy atom. The van der Waals surface area contributed by atoms with Crippen molar-refractivity contribution in [2.24, 2.45) is 4.99 Å². The molecule has 7 heteroatoms. The first-order chi connectivity index (χ1) is 12.6. The number of rotatable bonds is 8. The van der Waals surface area contributed by atoms with E-state index in [0.29, 0.717) is 18.3 Å². The zero-order chi connectivity index (χ0) is 18.8. The second-order valence-electron chi connectivity index (χ2n) is 6.95. The van der Waals surface area contributed by atoms with Gasteiger partial charge in [0.2, 0.25) is 0 Å². The van der Waals surface area contributed by atoms with Crippen LogP contribution in [-0.2, 0) is 0 Å². The van der Waals surface area contributed by atoms with Gasteiger partial charge in [-0.2, -0.15) is 0 Å². The van der Waals surface area contributed by atoms with E-state index in [-0.39, 0.29) is 35.9 Å². The van der Waals surface area contributed by atoms with Gasteiger partial charge in [0.15, 0.2) is 5.96 Å². The van der Waals surface area contributed by atoms with Crippen molar-refractivity contribution in [2.45, 2.75) is 51.7 Å². The van der Waals surface area contributed by atoms with E-state index in [1.54, 1.807) is 19.2 Å². The number of benzene rings is 1. The first-order valence-corrected chi connectivity index (χ1v) is 9.72. The lowest BCUT2D eigenvalue weighted by molar-refractivity contribution is 0.202. The fraction of sp³-hybridized carbons (Fsp3) is 0.650. The van der Waals surface area contributed by atoms with E-state index in [1.165, 1.54) is 31.5 Å². The maximum Gasteiger partial charge on any atom is 0.191 e. The van der Waals surface area contributed by atoms with Crippen LogP contribution in [0.4, 0.5) is 4.39 Å². The molecule has 154 valence electrons. The van der Waals surface area contributed by atoms with Crippen molar-refractivity contribution in [3.8, 4) is 5.75 Å². The van der Waals surface area contributed by atoms with Crippen LogP contribution in [0.5, 0.6) is 5.75 Å². The summed E-state index contributed by atoms with van der Waals surface area (Å²) in [7, 11) is 1.78. The largest absolute Gasteiger partial charge is 0.489 e. The lowest BCUT2D eigenvalue weighted by atomic mass is 10.0. The summed E-state index contributed by atoms with van der Waals surface area (Å²) in [5.41, 5.74) is 0. The fourth-order valence-electron chi connectivity index (χ4n) is 3.13. The molecule has 1 aliphatic rings. The Labute approximate surface area is 180 Å². The minimum Gasteiger partial charge on any atom is -0.489 e. The van der Waals surface area contributed by atoms with Crippen LogP contribution in [0, 0.1) is 5.82 Å². The average Bonchev–Trinajstić information content (AvgIpc) is 2.64. The van der Waals surface area contributed by atoms with Crippen molar-refractivity contribution < 1.29 is 9.13 Å². The number of piperidine rings is 1. The van der Waals surface area contributed by atoms with Crippen LogP contribution < -0.4 is 15.4 Å². The summed E-state index contributed by atoms with van der Waals surface area (Å²) in [6.45, 7) is 8.30. The number of hydrogen-bond acceptors (Lipinski definition) is 3. The van der Waals surface area contributed by atoms with Gasteiger partial charge < -0.3 is 20.3 Å². The predicted molar refractivity (Wildman–Crippen MR) is 121 cm³/mol. The number of nitrogens with zero attached hydrogens (tertiary/aromatic N) is 2. The Bertz CT molecular complexity index is 565. The predicted octanol–water partition coefficient (Wildman–Crippen LogP) is 3.64. The van der Waals surface area contributed by atoms with E-state index in [9.17, 15) is 4.39 Å². The monoisotopic (exact) mass is 492 g/mol. The zero-order valence-electron chi connectivity index (χ0n) is 16.7. The molecule has 1 unspecified atom stereocenters. The van der Waals surface area contributed by atoms with Gasteiger partial charge in [0.1, 0.15) is 17.7 Å². The van der Waals surface area contributed by atoms with Crippen molar-refractivity contribution in [3.63, 3.8) is 0 Å². The summed E-state index contributed by atoms with van der Waals surface area (Å²) in [5.74, 6) is 1.05. The normalized spacial score (nSPS) is 17.1. The number of unbranched alkanes of at least 4 members (excludes halogenated alkanes) is 1. The summed E-state index contributed by atoms with van der Waals surface area (Å²) in [4.78, 5) is 6.86. The molecule has 1 aliphatic heterocycles. The molecule has 1 fully saturated rings. The molecule has 1 aromatic rings. The Hall–Kier alpha value is -1.09. The number of hydrogen-bond donors (Lipinski definition) is 2. The summed E-state index contributed by atoms with van der Waals surface area (Å²) >= 11 is 0. The summed E-state index contributed by atoms with van der Waals surface area (Å²) in [5, 5.41) is 6.81. The van der Waals surface area contributed by atoms with Gasteiger partial charge in [-0.1, -0.05) is 19.4 Å². The van der Waals surface area contributed by atoms with Crippen LogP contribution in [-0.4, -0.2) is 56.2 Å². The molecule has 1 heterocycles. The molecule has 0 spiro atoms. The summed E-state index contributed by atoms with van der Waals surface area (Å²) in [6, 6.07) is 6.68. The Morgan fingerprint density at radius 2 is 2.11 bits per heavy atom. The van der Waals surface area contributed by atoms with Gasteiger partial charge in [0, 0.05) is 32.2 Å². The third-order valence-corrected chi connectivity index (χ3v) is 4.67. The van der Waals surface area contributed by atoms with E-state index in [1.807, 2.05) is 6.92 Å². The molecule has 1 saturated heterocycles. The Morgan fingerprint density at radius 1 is 1.37 bits per heavy atom. The molecular formula is C20H34FIN4O. The highest BCUT2D eigenvalue weighted by atomic mass is 127. The topological polar surface area (TPSA) is 48.9 Å². The van der Waals surface area contributed by atoms with Crippen LogP contribution in [0.15, 0.2) is 29.3 Å². The van der Waals surface area contributed by atoms with Gasteiger partial charge >= 0.3 is 0 Å². The van der Waals surface area contributed by atoms with Crippen LogP contribution >= 0.6 is 24.0 Å². The van der Waals surface area contributed by atoms with Crippen LogP contribution in [0.25, 0.3) is 0 Å². The van der Waals surface area contributed by atoms with Crippen molar-refractivity contribution in [2.75, 3.05) is 33.2 Å². The number of halogens is 2. The van der Waals surface area contributed by atoms with Gasteiger partial charge in [0.25, 0.3) is 0 Å². The average molecular weight is 492 g/mol. The molecule has 0 aromatic heterocycles. The second kappa shape index (κ2) is 13.1. The van der Waals surface area contributed by atoms with Crippen molar-refractivity contribution in [1.29, 1.82) is 0 Å². The minimum absolute atomic E-state index is 0. The first kappa shape index (κ1) is 23.9. The van der Waals surface area contributed by atoms with E-state index in [4.69, 9.17) is 4.74 Å². The number of aliphatic imine (C=N–C) groups is 1. The number of ether oxygens (including phenoxy) is 1. The van der Waals surface area contributed by atoms with Crippen molar-refractivity contribution >= 4 is 29.9 Å². The quantitative estimate of drug-likeness (QED) is 0.331. The third-order valence-electron chi connectivity index (χ3n) is 4.67. The second-order valence-corrected chi connectivity index (χ2v) is 6.95. The summed E-state index contributed by atoms with van der Waals surface area (Å²) in [6.07, 6.45) is 4.72. The van der Waals surface area contributed by atoms with Gasteiger partial charge in [-0.05, 0) is 44.9 Å². The van der Waals surface area contributed by atoms with Gasteiger partial charge in [-0.3, -0.25) is 4.99 Å². The highest BCUT2D eigenvalue weighted by molar-refractivity contribution is 14.0. The minimum atomic E-state index is -0.287. The van der Waals surface area contributed by atoms with E-state index in [0.717, 1.165) is 31.9 Å². The number of guanidine groups is 1.